The Kier molecular flexibility index (Phi) is 37.2. The van der Waals surface area contributed by atoms with Crippen LogP contribution in [0.2, 0.25) is 0 Å². The van der Waals surface area contributed by atoms with Gasteiger partial charge in [0.1, 0.15) is 0 Å². The van der Waals surface area contributed by atoms with Gasteiger partial charge in [-0.05, 0) is 57.8 Å². The maximum atomic E-state index is 12.4. The molecule has 48 heavy (non-hydrogen) atoms. The fraction of sp³-hybridized carbons (Fsp3) is 0.837. The van der Waals surface area contributed by atoms with Gasteiger partial charge in [0.25, 0.3) is 0 Å². The van der Waals surface area contributed by atoms with E-state index < -0.39 is 18.2 Å². The van der Waals surface area contributed by atoms with Crippen LogP contribution in [0.5, 0.6) is 0 Å². The van der Waals surface area contributed by atoms with Crippen molar-refractivity contribution < 1.29 is 20.1 Å². The average molecular weight is 676 g/mol. The molecule has 3 atom stereocenters. The monoisotopic (exact) mass is 676 g/mol. The van der Waals surface area contributed by atoms with E-state index in [0.29, 0.717) is 6.42 Å². The SMILES string of the molecule is CCCCCC/C=C\CCCCCCCC(O)CC(=O)NC(CO)C(O)/C=C/CC/C=C/CCCCCCCCCCCCCCCC. The Hall–Kier alpha value is -1.43. The number of hydrogen-bond donors (Lipinski definition) is 4. The minimum atomic E-state index is -0.952. The summed E-state index contributed by atoms with van der Waals surface area (Å²) in [6, 6.07) is -0.762. The van der Waals surface area contributed by atoms with E-state index in [0.717, 1.165) is 44.9 Å². The summed E-state index contributed by atoms with van der Waals surface area (Å²) >= 11 is 0. The minimum Gasteiger partial charge on any atom is -0.394 e. The van der Waals surface area contributed by atoms with Crippen LogP contribution in [0.25, 0.3) is 0 Å². The molecule has 1 amide bonds. The first kappa shape index (κ1) is 46.6. The van der Waals surface area contributed by atoms with Crippen LogP contribution in [-0.4, -0.2) is 46.1 Å². The maximum Gasteiger partial charge on any atom is 0.222 e. The van der Waals surface area contributed by atoms with Gasteiger partial charge in [-0.15, -0.1) is 0 Å². The van der Waals surface area contributed by atoms with E-state index in [1.54, 1.807) is 6.08 Å². The van der Waals surface area contributed by atoms with Crippen LogP contribution in [-0.2, 0) is 4.79 Å². The van der Waals surface area contributed by atoms with Crippen molar-refractivity contribution in [2.75, 3.05) is 6.61 Å². The van der Waals surface area contributed by atoms with Crippen molar-refractivity contribution in [3.05, 3.63) is 36.5 Å². The number of carbonyl (C=O) groups is 1. The Morgan fingerprint density at radius 2 is 0.896 bits per heavy atom. The highest BCUT2D eigenvalue weighted by atomic mass is 16.3. The Balaban J connectivity index is 3.74. The lowest BCUT2D eigenvalue weighted by atomic mass is 10.0. The van der Waals surface area contributed by atoms with Crippen LogP contribution in [0, 0.1) is 0 Å². The summed E-state index contributed by atoms with van der Waals surface area (Å²) in [6.45, 7) is 4.18. The summed E-state index contributed by atoms with van der Waals surface area (Å²) < 4.78 is 0. The molecule has 0 rings (SSSR count). The molecule has 0 fully saturated rings. The summed E-state index contributed by atoms with van der Waals surface area (Å²) in [5, 5.41) is 33.1. The summed E-state index contributed by atoms with van der Waals surface area (Å²) in [5.41, 5.74) is 0. The zero-order valence-electron chi connectivity index (χ0n) is 31.9. The molecule has 4 N–H and O–H groups in total. The summed E-state index contributed by atoms with van der Waals surface area (Å²) in [5.74, 6) is -0.332. The molecule has 0 aromatic carbocycles. The molecule has 0 aliphatic heterocycles. The third-order valence-corrected chi connectivity index (χ3v) is 9.40. The number of allylic oxidation sites excluding steroid dienone is 5. The predicted octanol–water partition coefficient (Wildman–Crippen LogP) is 11.6. The Bertz CT molecular complexity index is 749. The van der Waals surface area contributed by atoms with Crippen LogP contribution in [0.4, 0.5) is 0 Å². The molecule has 0 saturated heterocycles. The van der Waals surface area contributed by atoms with Crippen LogP contribution >= 0.6 is 0 Å². The fourth-order valence-electron chi connectivity index (χ4n) is 6.17. The first-order valence-electron chi connectivity index (χ1n) is 20.8. The van der Waals surface area contributed by atoms with Crippen molar-refractivity contribution in [3.63, 3.8) is 0 Å². The van der Waals surface area contributed by atoms with Gasteiger partial charge in [0.05, 0.1) is 31.3 Å². The maximum absolute atomic E-state index is 12.4. The third-order valence-electron chi connectivity index (χ3n) is 9.40. The van der Waals surface area contributed by atoms with Gasteiger partial charge in [-0.25, -0.2) is 0 Å². The second-order valence-corrected chi connectivity index (χ2v) is 14.2. The molecule has 0 saturated carbocycles. The molecular formula is C43H81NO4. The van der Waals surface area contributed by atoms with Crippen LogP contribution in [0.15, 0.2) is 36.5 Å². The second kappa shape index (κ2) is 38.4. The minimum absolute atomic E-state index is 0.0000877. The van der Waals surface area contributed by atoms with Crippen molar-refractivity contribution in [1.82, 2.24) is 5.32 Å². The van der Waals surface area contributed by atoms with E-state index in [2.05, 4.69) is 43.5 Å². The zero-order valence-corrected chi connectivity index (χ0v) is 31.9. The summed E-state index contributed by atoms with van der Waals surface area (Å²) in [6.07, 6.45) is 47.1. The third kappa shape index (κ3) is 34.4. The van der Waals surface area contributed by atoms with Gasteiger partial charge in [-0.1, -0.05) is 179 Å². The lowest BCUT2D eigenvalue weighted by Crippen LogP contribution is -2.45. The topological polar surface area (TPSA) is 89.8 Å². The van der Waals surface area contributed by atoms with E-state index in [9.17, 15) is 20.1 Å². The molecule has 3 unspecified atom stereocenters. The van der Waals surface area contributed by atoms with E-state index in [4.69, 9.17) is 0 Å². The summed E-state index contributed by atoms with van der Waals surface area (Å²) in [7, 11) is 0. The van der Waals surface area contributed by atoms with Crippen molar-refractivity contribution in [1.29, 1.82) is 0 Å². The molecule has 282 valence electrons. The van der Waals surface area contributed by atoms with E-state index in [-0.39, 0.29) is 18.9 Å². The lowest BCUT2D eigenvalue weighted by molar-refractivity contribution is -0.124. The molecule has 0 bridgehead atoms. The van der Waals surface area contributed by atoms with Gasteiger partial charge in [-0.3, -0.25) is 4.79 Å². The molecule has 5 nitrogen and oxygen atoms in total. The smallest absolute Gasteiger partial charge is 0.222 e. The number of aliphatic hydroxyl groups excluding tert-OH is 3. The van der Waals surface area contributed by atoms with Gasteiger partial charge < -0.3 is 20.6 Å². The van der Waals surface area contributed by atoms with Crippen LogP contribution in [0.1, 0.15) is 206 Å². The molecule has 0 aromatic heterocycles. The second-order valence-electron chi connectivity index (χ2n) is 14.2. The Morgan fingerprint density at radius 1 is 0.521 bits per heavy atom. The molecule has 5 heteroatoms. The zero-order chi connectivity index (χ0) is 35.2. The van der Waals surface area contributed by atoms with E-state index in [1.165, 1.54) is 135 Å². The number of unbranched alkanes of at least 4 members (excludes halogenated alkanes) is 24. The number of nitrogens with one attached hydrogen (secondary N) is 1. The van der Waals surface area contributed by atoms with Gasteiger partial charge >= 0.3 is 0 Å². The van der Waals surface area contributed by atoms with Gasteiger partial charge in [0.15, 0.2) is 0 Å². The van der Waals surface area contributed by atoms with Crippen molar-refractivity contribution in [2.24, 2.45) is 0 Å². The molecule has 0 radical (unpaired) electrons. The highest BCUT2D eigenvalue weighted by Gasteiger charge is 2.20. The molecule has 0 aliphatic carbocycles. The van der Waals surface area contributed by atoms with Gasteiger partial charge in [0, 0.05) is 0 Å². The largest absolute Gasteiger partial charge is 0.394 e. The molecular weight excluding hydrogens is 594 g/mol. The molecule has 0 aromatic rings. The number of rotatable bonds is 37. The molecule has 0 spiro atoms. The number of hydrogen-bond acceptors (Lipinski definition) is 4. The standard InChI is InChI=1S/C43H81NO4/c1-3-5-7-9-11-13-15-17-18-19-20-21-22-23-25-27-29-31-33-35-37-42(47)41(39-45)44-43(48)38-40(46)36-34-32-30-28-26-24-16-14-12-10-8-6-4-2/h14,16,27,29,35,37,40-42,45-47H,3-13,15,17-26,28,30-34,36,38-39H2,1-2H3,(H,44,48)/b16-14-,29-27+,37-35+. The van der Waals surface area contributed by atoms with Crippen molar-refractivity contribution in [3.8, 4) is 0 Å². The van der Waals surface area contributed by atoms with Crippen LogP contribution in [0.3, 0.4) is 0 Å². The predicted molar refractivity (Wildman–Crippen MR) is 208 cm³/mol. The highest BCUT2D eigenvalue weighted by molar-refractivity contribution is 5.76. The Morgan fingerprint density at radius 3 is 1.35 bits per heavy atom. The van der Waals surface area contributed by atoms with Gasteiger partial charge in [-0.2, -0.15) is 0 Å². The Labute approximate surface area is 298 Å². The summed E-state index contributed by atoms with van der Waals surface area (Å²) in [4.78, 5) is 12.4. The van der Waals surface area contributed by atoms with Gasteiger partial charge in [0.2, 0.25) is 5.91 Å². The number of amides is 1. The van der Waals surface area contributed by atoms with E-state index in [1.807, 2.05) is 6.08 Å². The molecule has 0 aliphatic rings. The van der Waals surface area contributed by atoms with Crippen molar-refractivity contribution in [2.45, 2.75) is 225 Å². The first-order chi connectivity index (χ1) is 23.5. The highest BCUT2D eigenvalue weighted by Crippen LogP contribution is 2.14. The normalized spacial score (nSPS) is 14.0. The average Bonchev–Trinajstić information content (AvgIpc) is 3.08. The lowest BCUT2D eigenvalue weighted by Gasteiger charge is -2.20. The van der Waals surface area contributed by atoms with E-state index >= 15 is 0 Å². The van der Waals surface area contributed by atoms with Crippen molar-refractivity contribution >= 4 is 5.91 Å². The van der Waals surface area contributed by atoms with Crippen LogP contribution < -0.4 is 5.32 Å². The number of carbonyl (C=O) groups excluding carboxylic acids is 1. The first-order valence-corrected chi connectivity index (χ1v) is 20.8. The number of aliphatic hydroxyl groups is 3. The quantitative estimate of drug-likeness (QED) is 0.0390. The fourth-order valence-corrected chi connectivity index (χ4v) is 6.17. The molecule has 0 heterocycles.